The molecular formula is C19H24ClN5O. The highest BCUT2D eigenvalue weighted by Gasteiger charge is 2.33. The van der Waals surface area contributed by atoms with Crippen LogP contribution in [0.4, 0.5) is 10.7 Å². The zero-order valence-electron chi connectivity index (χ0n) is 15.1. The van der Waals surface area contributed by atoms with Gasteiger partial charge in [0.25, 0.3) is 0 Å². The first-order valence-electron chi connectivity index (χ1n) is 8.86. The summed E-state index contributed by atoms with van der Waals surface area (Å²) in [4.78, 5) is 25.4. The molecule has 0 aliphatic carbocycles. The number of amides is 2. The number of piperazine rings is 1. The molecule has 2 heterocycles. The van der Waals surface area contributed by atoms with Gasteiger partial charge < -0.3 is 15.1 Å². The molecule has 1 atom stereocenters. The predicted octanol–water partition coefficient (Wildman–Crippen LogP) is 3.19. The molecule has 0 saturated carbocycles. The number of rotatable bonds is 4. The maximum atomic E-state index is 12.7. The van der Waals surface area contributed by atoms with Crippen molar-refractivity contribution in [3.05, 3.63) is 53.3 Å². The minimum Gasteiger partial charge on any atom is -0.337 e. The average Bonchev–Trinajstić information content (AvgIpc) is 2.66. The second kappa shape index (κ2) is 8.36. The van der Waals surface area contributed by atoms with Crippen molar-refractivity contribution in [3.63, 3.8) is 0 Å². The summed E-state index contributed by atoms with van der Waals surface area (Å²) in [6.07, 6.45) is 1.66. The molecule has 138 valence electrons. The SMILES string of the molecule is CC(C)C1CN(c2nccc(Cl)n2)CCN1C(=O)NCc1ccccc1. The molecule has 2 aromatic rings. The van der Waals surface area contributed by atoms with E-state index in [1.807, 2.05) is 35.2 Å². The molecule has 1 aromatic carbocycles. The Bertz CT molecular complexity index is 740. The van der Waals surface area contributed by atoms with Crippen LogP contribution in [0, 0.1) is 5.92 Å². The summed E-state index contributed by atoms with van der Waals surface area (Å²) in [7, 11) is 0. The summed E-state index contributed by atoms with van der Waals surface area (Å²) < 4.78 is 0. The lowest BCUT2D eigenvalue weighted by molar-refractivity contribution is 0.144. The number of nitrogens with one attached hydrogen (secondary N) is 1. The normalized spacial score (nSPS) is 17.5. The second-order valence-electron chi connectivity index (χ2n) is 6.77. The maximum absolute atomic E-state index is 12.7. The molecule has 3 rings (SSSR count). The van der Waals surface area contributed by atoms with Gasteiger partial charge in [-0.3, -0.25) is 0 Å². The van der Waals surface area contributed by atoms with Crippen LogP contribution in [-0.4, -0.2) is 46.6 Å². The van der Waals surface area contributed by atoms with Gasteiger partial charge in [-0.05, 0) is 17.5 Å². The molecule has 1 saturated heterocycles. The number of nitrogens with zero attached hydrogens (tertiary/aromatic N) is 4. The van der Waals surface area contributed by atoms with Crippen LogP contribution in [0.3, 0.4) is 0 Å². The number of hydrogen-bond acceptors (Lipinski definition) is 4. The molecule has 26 heavy (non-hydrogen) atoms. The number of urea groups is 1. The summed E-state index contributed by atoms with van der Waals surface area (Å²) in [5, 5.41) is 3.46. The van der Waals surface area contributed by atoms with Crippen LogP contribution in [0.5, 0.6) is 0 Å². The summed E-state index contributed by atoms with van der Waals surface area (Å²) in [5.74, 6) is 0.937. The highest BCUT2D eigenvalue weighted by atomic mass is 35.5. The van der Waals surface area contributed by atoms with E-state index >= 15 is 0 Å². The third kappa shape index (κ3) is 4.43. The van der Waals surface area contributed by atoms with Crippen LogP contribution >= 0.6 is 11.6 Å². The van der Waals surface area contributed by atoms with E-state index < -0.39 is 0 Å². The highest BCUT2D eigenvalue weighted by molar-refractivity contribution is 6.29. The predicted molar refractivity (Wildman–Crippen MR) is 103 cm³/mol. The van der Waals surface area contributed by atoms with Gasteiger partial charge in [-0.1, -0.05) is 55.8 Å². The molecule has 0 spiro atoms. The lowest BCUT2D eigenvalue weighted by Gasteiger charge is -2.43. The van der Waals surface area contributed by atoms with E-state index in [2.05, 4.69) is 34.0 Å². The van der Waals surface area contributed by atoms with Crippen LogP contribution < -0.4 is 10.2 Å². The second-order valence-corrected chi connectivity index (χ2v) is 7.16. The average molecular weight is 374 g/mol. The summed E-state index contributed by atoms with van der Waals surface area (Å²) >= 11 is 5.99. The standard InChI is InChI=1S/C19H24ClN5O/c1-14(2)16-13-24(18-21-9-8-17(20)23-18)10-11-25(16)19(26)22-12-15-6-4-3-5-7-15/h3-9,14,16H,10-13H2,1-2H3,(H,22,26). The minimum absolute atomic E-state index is 0.0285. The Labute approximate surface area is 159 Å². The van der Waals surface area contributed by atoms with E-state index in [-0.39, 0.29) is 12.1 Å². The number of carbonyl (C=O) groups is 1. The molecule has 0 radical (unpaired) electrons. The minimum atomic E-state index is -0.0285. The monoisotopic (exact) mass is 373 g/mol. The third-order valence-corrected chi connectivity index (χ3v) is 4.84. The van der Waals surface area contributed by atoms with Gasteiger partial charge in [0.15, 0.2) is 0 Å². The number of hydrogen-bond donors (Lipinski definition) is 1. The molecule has 0 bridgehead atoms. The Hall–Kier alpha value is -2.34. The molecular weight excluding hydrogens is 350 g/mol. The topological polar surface area (TPSA) is 61.4 Å². The fourth-order valence-electron chi connectivity index (χ4n) is 3.17. The Balaban J connectivity index is 1.65. The van der Waals surface area contributed by atoms with Gasteiger partial charge in [-0.25, -0.2) is 14.8 Å². The molecule has 1 aliphatic heterocycles. The van der Waals surface area contributed by atoms with Crippen molar-refractivity contribution in [1.82, 2.24) is 20.2 Å². The molecule has 1 unspecified atom stereocenters. The Morgan fingerprint density at radius 1 is 1.27 bits per heavy atom. The van der Waals surface area contributed by atoms with Gasteiger partial charge in [-0.2, -0.15) is 0 Å². The van der Waals surface area contributed by atoms with Crippen LogP contribution in [0.1, 0.15) is 19.4 Å². The molecule has 1 aromatic heterocycles. The van der Waals surface area contributed by atoms with E-state index in [4.69, 9.17) is 11.6 Å². The maximum Gasteiger partial charge on any atom is 0.318 e. The van der Waals surface area contributed by atoms with Gasteiger partial charge in [0.05, 0.1) is 6.04 Å². The van der Waals surface area contributed by atoms with Crippen molar-refractivity contribution in [2.24, 2.45) is 5.92 Å². The van der Waals surface area contributed by atoms with E-state index in [9.17, 15) is 4.79 Å². The summed E-state index contributed by atoms with van der Waals surface area (Å²) in [6.45, 7) is 6.79. The van der Waals surface area contributed by atoms with Crippen molar-refractivity contribution in [1.29, 1.82) is 0 Å². The van der Waals surface area contributed by atoms with Gasteiger partial charge >= 0.3 is 6.03 Å². The quantitative estimate of drug-likeness (QED) is 0.836. The zero-order chi connectivity index (χ0) is 18.5. The number of anilines is 1. The van der Waals surface area contributed by atoms with Crippen LogP contribution in [0.25, 0.3) is 0 Å². The molecule has 7 heteroatoms. The van der Waals surface area contributed by atoms with E-state index in [0.717, 1.165) is 5.56 Å². The van der Waals surface area contributed by atoms with Crippen molar-refractivity contribution >= 4 is 23.6 Å². The van der Waals surface area contributed by atoms with Crippen LogP contribution in [0.15, 0.2) is 42.6 Å². The van der Waals surface area contributed by atoms with E-state index in [0.29, 0.717) is 43.2 Å². The highest BCUT2D eigenvalue weighted by Crippen LogP contribution is 2.21. The van der Waals surface area contributed by atoms with Crippen molar-refractivity contribution < 1.29 is 4.79 Å². The lowest BCUT2D eigenvalue weighted by Crippen LogP contribution is -2.59. The summed E-state index contributed by atoms with van der Waals surface area (Å²) in [6, 6.07) is 11.7. The van der Waals surface area contributed by atoms with Gasteiger partial charge in [0.1, 0.15) is 5.15 Å². The third-order valence-electron chi connectivity index (χ3n) is 4.63. The Kier molecular flexibility index (Phi) is 5.93. The lowest BCUT2D eigenvalue weighted by atomic mass is 10.00. The first-order chi connectivity index (χ1) is 12.5. The van der Waals surface area contributed by atoms with Gasteiger partial charge in [0, 0.05) is 32.4 Å². The number of carbonyl (C=O) groups excluding carboxylic acids is 1. The molecule has 2 amide bonds. The van der Waals surface area contributed by atoms with E-state index in [1.165, 1.54) is 0 Å². The number of aromatic nitrogens is 2. The fraction of sp³-hybridized carbons (Fsp3) is 0.421. The smallest absolute Gasteiger partial charge is 0.318 e. The number of halogens is 1. The van der Waals surface area contributed by atoms with Crippen LogP contribution in [0.2, 0.25) is 5.15 Å². The van der Waals surface area contributed by atoms with Gasteiger partial charge in [0.2, 0.25) is 5.95 Å². The van der Waals surface area contributed by atoms with Crippen LogP contribution in [-0.2, 0) is 6.54 Å². The van der Waals surface area contributed by atoms with Crippen molar-refractivity contribution in [3.8, 4) is 0 Å². The number of benzene rings is 1. The molecule has 1 fully saturated rings. The Morgan fingerprint density at radius 2 is 2.04 bits per heavy atom. The zero-order valence-corrected chi connectivity index (χ0v) is 15.9. The Morgan fingerprint density at radius 3 is 2.73 bits per heavy atom. The first kappa shape index (κ1) is 18.5. The van der Waals surface area contributed by atoms with E-state index in [1.54, 1.807) is 12.3 Å². The van der Waals surface area contributed by atoms with Crippen molar-refractivity contribution in [2.45, 2.75) is 26.4 Å². The first-order valence-corrected chi connectivity index (χ1v) is 9.24. The molecule has 1 N–H and O–H groups in total. The fourth-order valence-corrected chi connectivity index (χ4v) is 3.30. The van der Waals surface area contributed by atoms with Crippen molar-refractivity contribution in [2.75, 3.05) is 24.5 Å². The summed E-state index contributed by atoms with van der Waals surface area (Å²) in [5.41, 5.74) is 1.09. The molecule has 6 nitrogen and oxygen atoms in total. The van der Waals surface area contributed by atoms with Gasteiger partial charge in [-0.15, -0.1) is 0 Å². The largest absolute Gasteiger partial charge is 0.337 e. The molecule has 1 aliphatic rings.